The van der Waals surface area contributed by atoms with Gasteiger partial charge in [0.2, 0.25) is 5.75 Å². The van der Waals surface area contributed by atoms with Crippen molar-refractivity contribution in [3.8, 4) is 28.7 Å². The number of ether oxygens (including phenoxy) is 1. The molecule has 2 aromatic carbocycles. The molecule has 35 heavy (non-hydrogen) atoms. The van der Waals surface area contributed by atoms with Crippen molar-refractivity contribution in [2.45, 2.75) is 19.6 Å². The largest absolute Gasteiger partial charge is 0.451 e. The summed E-state index contributed by atoms with van der Waals surface area (Å²) in [5.74, 6) is -0.921. The van der Waals surface area contributed by atoms with Gasteiger partial charge in [0.05, 0.1) is 18.2 Å². The minimum Gasteiger partial charge on any atom is -0.451 e. The van der Waals surface area contributed by atoms with Crippen LogP contribution in [0.3, 0.4) is 0 Å². The topological polar surface area (TPSA) is 106 Å². The lowest BCUT2D eigenvalue weighted by molar-refractivity contribution is -0.138. The molecule has 4 aromatic rings. The van der Waals surface area contributed by atoms with Gasteiger partial charge in [-0.05, 0) is 42.3 Å². The van der Waals surface area contributed by atoms with Crippen LogP contribution in [0.15, 0.2) is 64.3 Å². The number of pyridine rings is 1. The number of halogens is 3. The zero-order chi connectivity index (χ0) is 25.3. The number of alkyl halides is 3. The quantitative estimate of drug-likeness (QED) is 0.464. The summed E-state index contributed by atoms with van der Waals surface area (Å²) < 4.78 is 48.8. The van der Waals surface area contributed by atoms with Crippen LogP contribution in [-0.2, 0) is 19.8 Å². The fourth-order valence-corrected chi connectivity index (χ4v) is 3.50. The molecule has 0 saturated carbocycles. The van der Waals surface area contributed by atoms with Crippen LogP contribution in [0.1, 0.15) is 22.5 Å². The Kier molecular flexibility index (Phi) is 6.05. The highest BCUT2D eigenvalue weighted by Gasteiger charge is 2.36. The molecular formula is C24H18F3N5O3. The maximum absolute atomic E-state index is 13.7. The van der Waals surface area contributed by atoms with Gasteiger partial charge in [0.1, 0.15) is 11.3 Å². The highest BCUT2D eigenvalue weighted by atomic mass is 19.4. The van der Waals surface area contributed by atoms with E-state index in [0.717, 1.165) is 32.5 Å². The van der Waals surface area contributed by atoms with Crippen molar-refractivity contribution in [3.05, 3.63) is 98.1 Å². The molecule has 0 aliphatic heterocycles. The lowest BCUT2D eigenvalue weighted by Gasteiger charge is -2.16. The molecular weight excluding hydrogens is 463 g/mol. The SMILES string of the molecule is Cc1cccc(-c2cc(C#N)cc(Oc3c(C(F)(F)F)ccn(Cc4n[nH]c(=O)n4C)c3=O)c2)c1. The van der Waals surface area contributed by atoms with Crippen molar-refractivity contribution in [2.24, 2.45) is 7.05 Å². The van der Waals surface area contributed by atoms with Gasteiger partial charge in [-0.25, -0.2) is 9.89 Å². The second-order valence-corrected chi connectivity index (χ2v) is 7.82. The van der Waals surface area contributed by atoms with Crippen LogP contribution >= 0.6 is 0 Å². The minimum atomic E-state index is -4.88. The van der Waals surface area contributed by atoms with Crippen molar-refractivity contribution in [1.29, 1.82) is 5.26 Å². The van der Waals surface area contributed by atoms with E-state index in [1.807, 2.05) is 31.2 Å². The molecule has 8 nitrogen and oxygen atoms in total. The highest BCUT2D eigenvalue weighted by Crippen LogP contribution is 2.37. The van der Waals surface area contributed by atoms with Gasteiger partial charge in [0, 0.05) is 13.2 Å². The van der Waals surface area contributed by atoms with E-state index in [-0.39, 0.29) is 23.7 Å². The molecule has 0 radical (unpaired) electrons. The monoisotopic (exact) mass is 481 g/mol. The van der Waals surface area contributed by atoms with Crippen LogP contribution in [0, 0.1) is 18.3 Å². The Hall–Kier alpha value is -4.59. The molecule has 0 atom stereocenters. The summed E-state index contributed by atoms with van der Waals surface area (Å²) >= 11 is 0. The van der Waals surface area contributed by atoms with Crippen LogP contribution in [0.4, 0.5) is 13.2 Å². The third-order valence-corrected chi connectivity index (χ3v) is 5.32. The molecule has 0 amide bonds. The summed E-state index contributed by atoms with van der Waals surface area (Å²) in [5.41, 5.74) is -0.509. The van der Waals surface area contributed by atoms with E-state index >= 15 is 0 Å². The Morgan fingerprint density at radius 1 is 1.11 bits per heavy atom. The van der Waals surface area contributed by atoms with E-state index in [0.29, 0.717) is 5.56 Å². The Labute approximate surface area is 196 Å². The number of H-pyrrole nitrogens is 1. The lowest BCUT2D eigenvalue weighted by atomic mass is 10.0. The van der Waals surface area contributed by atoms with Crippen LogP contribution in [0.5, 0.6) is 11.5 Å². The maximum Gasteiger partial charge on any atom is 0.420 e. The smallest absolute Gasteiger partial charge is 0.420 e. The molecule has 2 heterocycles. The standard InChI is InChI=1S/C24H18F3N5O3/c1-14-4-3-5-16(8-14)17-9-15(12-28)10-18(11-17)35-21-19(24(25,26)27)6-7-32(22(21)33)13-20-29-30-23(34)31(20)2/h3-11H,13H2,1-2H3,(H,30,34). The number of nitrogens with one attached hydrogen (secondary N) is 1. The first-order valence-corrected chi connectivity index (χ1v) is 10.3. The lowest BCUT2D eigenvalue weighted by Crippen LogP contribution is -2.26. The van der Waals surface area contributed by atoms with Gasteiger partial charge in [0.25, 0.3) is 5.56 Å². The Morgan fingerprint density at radius 2 is 1.89 bits per heavy atom. The van der Waals surface area contributed by atoms with Gasteiger partial charge >= 0.3 is 11.9 Å². The molecule has 178 valence electrons. The van der Waals surface area contributed by atoms with E-state index < -0.39 is 28.7 Å². The van der Waals surface area contributed by atoms with Gasteiger partial charge < -0.3 is 9.30 Å². The Morgan fingerprint density at radius 3 is 2.51 bits per heavy atom. The molecule has 0 unspecified atom stereocenters. The molecule has 0 spiro atoms. The average Bonchev–Trinajstić information content (AvgIpc) is 3.12. The third-order valence-electron chi connectivity index (χ3n) is 5.32. The fraction of sp³-hybridized carbons (Fsp3) is 0.167. The number of nitriles is 1. The van der Waals surface area contributed by atoms with E-state index in [4.69, 9.17) is 4.74 Å². The molecule has 0 bridgehead atoms. The summed E-state index contributed by atoms with van der Waals surface area (Å²) in [6, 6.07) is 14.3. The summed E-state index contributed by atoms with van der Waals surface area (Å²) in [7, 11) is 1.41. The first kappa shape index (κ1) is 23.6. The molecule has 0 saturated heterocycles. The number of aryl methyl sites for hydroxylation is 1. The zero-order valence-electron chi connectivity index (χ0n) is 18.6. The zero-order valence-corrected chi connectivity index (χ0v) is 18.6. The summed E-state index contributed by atoms with van der Waals surface area (Å²) in [6.45, 7) is 1.61. The van der Waals surface area contributed by atoms with Gasteiger partial charge in [-0.3, -0.25) is 9.36 Å². The van der Waals surface area contributed by atoms with Crippen LogP contribution < -0.4 is 16.0 Å². The Balaban J connectivity index is 1.82. The molecule has 4 rings (SSSR count). The van der Waals surface area contributed by atoms with Gasteiger partial charge in [-0.15, -0.1) is 0 Å². The van der Waals surface area contributed by atoms with Crippen molar-refractivity contribution in [1.82, 2.24) is 19.3 Å². The van der Waals surface area contributed by atoms with Crippen LogP contribution in [-0.4, -0.2) is 19.3 Å². The molecule has 11 heteroatoms. The fourth-order valence-electron chi connectivity index (χ4n) is 3.50. The van der Waals surface area contributed by atoms with Gasteiger partial charge in [-0.1, -0.05) is 29.8 Å². The number of hydrogen-bond donors (Lipinski definition) is 1. The van der Waals surface area contributed by atoms with Crippen molar-refractivity contribution in [2.75, 3.05) is 0 Å². The number of benzene rings is 2. The van der Waals surface area contributed by atoms with E-state index in [9.17, 15) is 28.0 Å². The maximum atomic E-state index is 13.7. The summed E-state index contributed by atoms with van der Waals surface area (Å²) in [6.07, 6.45) is -3.92. The number of nitrogens with zero attached hydrogens (tertiary/aromatic N) is 4. The van der Waals surface area contributed by atoms with Gasteiger partial charge in [0.15, 0.2) is 5.82 Å². The summed E-state index contributed by atoms with van der Waals surface area (Å²) in [4.78, 5) is 24.7. The third kappa shape index (κ3) is 4.86. The second kappa shape index (κ2) is 8.98. The average molecular weight is 481 g/mol. The normalized spacial score (nSPS) is 11.3. The minimum absolute atomic E-state index is 0.104. The van der Waals surface area contributed by atoms with Crippen LogP contribution in [0.2, 0.25) is 0 Å². The first-order valence-electron chi connectivity index (χ1n) is 10.3. The number of hydrogen-bond acceptors (Lipinski definition) is 5. The predicted octanol–water partition coefficient (Wildman–Crippen LogP) is 3.98. The first-order chi connectivity index (χ1) is 16.6. The van der Waals surface area contributed by atoms with Crippen LogP contribution in [0.25, 0.3) is 11.1 Å². The van der Waals surface area contributed by atoms with E-state index in [1.165, 1.54) is 19.2 Å². The molecule has 0 aliphatic rings. The number of aromatic amines is 1. The Bertz CT molecular complexity index is 1570. The molecule has 0 fully saturated rings. The molecule has 0 aliphatic carbocycles. The van der Waals surface area contributed by atoms with E-state index in [1.54, 1.807) is 12.1 Å². The highest BCUT2D eigenvalue weighted by molar-refractivity contribution is 5.68. The van der Waals surface area contributed by atoms with Gasteiger partial charge in [-0.2, -0.15) is 23.5 Å². The van der Waals surface area contributed by atoms with Crippen molar-refractivity contribution < 1.29 is 17.9 Å². The molecule has 2 aromatic heterocycles. The molecule has 1 N–H and O–H groups in total. The summed E-state index contributed by atoms with van der Waals surface area (Å²) in [5, 5.41) is 15.4. The van der Waals surface area contributed by atoms with Crippen molar-refractivity contribution in [3.63, 3.8) is 0 Å². The van der Waals surface area contributed by atoms with E-state index in [2.05, 4.69) is 10.2 Å². The predicted molar refractivity (Wildman–Crippen MR) is 120 cm³/mol. The number of rotatable bonds is 5. The van der Waals surface area contributed by atoms with Crippen molar-refractivity contribution >= 4 is 0 Å². The second-order valence-electron chi connectivity index (χ2n) is 7.82. The number of aromatic nitrogens is 4.